The minimum Gasteiger partial charge on any atom is -0.377 e. The van der Waals surface area contributed by atoms with E-state index in [0.717, 1.165) is 6.07 Å². The van der Waals surface area contributed by atoms with Crippen molar-refractivity contribution in [2.24, 2.45) is 0 Å². The van der Waals surface area contributed by atoms with Crippen molar-refractivity contribution in [3.63, 3.8) is 0 Å². The third-order valence-electron chi connectivity index (χ3n) is 3.34. The maximum absolute atomic E-state index is 11.5. The number of halogens is 1. The Bertz CT molecular complexity index is 1270. The fourth-order valence-corrected chi connectivity index (χ4v) is 3.41. The molecule has 0 aliphatic heterocycles. The van der Waals surface area contributed by atoms with E-state index in [4.69, 9.17) is 16.2 Å². The summed E-state index contributed by atoms with van der Waals surface area (Å²) in [6, 6.07) is 11.6. The number of hydrogen-bond donors (Lipinski definition) is 4. The van der Waals surface area contributed by atoms with Gasteiger partial charge in [0, 0.05) is 16.5 Å². The molecule has 3 aromatic rings. The molecule has 0 fully saturated rings. The summed E-state index contributed by atoms with van der Waals surface area (Å²) in [6.07, 6.45) is 0. The Kier molecular flexibility index (Phi) is 7.34. The molecule has 0 bridgehead atoms. The number of nitrogens with zero attached hydrogens (tertiary/aromatic N) is 3. The normalized spacial score (nSPS) is 11.4. The first-order chi connectivity index (χ1) is 13.5. The number of benzene rings is 2. The number of nitrogens with one attached hydrogen (secondary N) is 2. The molecule has 11 nitrogen and oxygen atoms in total. The van der Waals surface area contributed by atoms with Crippen LogP contribution in [0.2, 0.25) is 5.28 Å². The summed E-state index contributed by atoms with van der Waals surface area (Å²) in [7, 11) is -8.88. The maximum Gasteiger partial charge on any atom is 0.296 e. The second kappa shape index (κ2) is 9.20. The molecule has 0 unspecified atom stereocenters. The summed E-state index contributed by atoms with van der Waals surface area (Å²) >= 11 is 5.87. The van der Waals surface area contributed by atoms with E-state index < -0.39 is 25.1 Å². The number of hydrogen-bond acceptors (Lipinski definition) is 9. The second-order valence-electron chi connectivity index (χ2n) is 5.39. The Morgan fingerprint density at radius 2 is 1.50 bits per heavy atom. The van der Waals surface area contributed by atoms with Gasteiger partial charge in [-0.05, 0) is 28.6 Å². The summed E-state index contributed by atoms with van der Waals surface area (Å²) in [6.45, 7) is 0. The van der Waals surface area contributed by atoms with Crippen LogP contribution in [-0.4, -0.2) is 40.9 Å². The molecule has 3 rings (SSSR count). The van der Waals surface area contributed by atoms with Gasteiger partial charge in [0.1, 0.15) is 4.90 Å². The van der Waals surface area contributed by atoms with E-state index in [1.165, 1.54) is 36.4 Å². The molecule has 1 heterocycles. The zero-order valence-corrected chi connectivity index (χ0v) is 17.8. The van der Waals surface area contributed by atoms with Crippen LogP contribution in [0.15, 0.2) is 52.3 Å². The molecule has 0 aliphatic carbocycles. The third kappa shape index (κ3) is 6.08. The van der Waals surface area contributed by atoms with Crippen LogP contribution in [0.4, 0.5) is 23.3 Å². The number of anilines is 4. The van der Waals surface area contributed by atoms with Crippen molar-refractivity contribution in [2.75, 3.05) is 10.6 Å². The van der Waals surface area contributed by atoms with E-state index in [0.29, 0.717) is 5.69 Å². The summed E-state index contributed by atoms with van der Waals surface area (Å²) in [5.41, 5.74) is 0.331. The first kappa shape index (κ1) is 23.9. The summed E-state index contributed by atoms with van der Waals surface area (Å²) in [5.74, 6) is -0.174. The van der Waals surface area contributed by atoms with Crippen LogP contribution in [0.3, 0.4) is 0 Å². The van der Waals surface area contributed by atoms with E-state index in [2.05, 4.69) is 31.7 Å². The molecule has 0 spiro atoms. The Labute approximate surface area is 186 Å². The van der Waals surface area contributed by atoms with E-state index in [1.54, 1.807) is 0 Å². The molecule has 30 heavy (non-hydrogen) atoms. The van der Waals surface area contributed by atoms with Crippen molar-refractivity contribution < 1.29 is 42.4 Å². The Morgan fingerprint density at radius 1 is 0.867 bits per heavy atom. The summed E-state index contributed by atoms with van der Waals surface area (Å²) in [4.78, 5) is 10.9. The first-order valence-corrected chi connectivity index (χ1v) is 10.8. The SMILES string of the molecule is O=S(=O)(O)c1[c-]cc(Nc2nc(Cl)nc(Nc3ccccc3S(=O)(=O)O)n2)cc1.[Ni]. The van der Waals surface area contributed by atoms with Crippen molar-refractivity contribution >= 4 is 55.1 Å². The summed E-state index contributed by atoms with van der Waals surface area (Å²) < 4.78 is 63.3. The second-order valence-corrected chi connectivity index (χ2v) is 8.51. The van der Waals surface area contributed by atoms with E-state index in [-0.39, 0.29) is 44.3 Å². The van der Waals surface area contributed by atoms with Gasteiger partial charge in [-0.15, -0.1) is 12.1 Å². The fourth-order valence-electron chi connectivity index (χ4n) is 2.16. The Morgan fingerprint density at radius 3 is 2.07 bits per heavy atom. The smallest absolute Gasteiger partial charge is 0.296 e. The van der Waals surface area contributed by atoms with Crippen molar-refractivity contribution in [3.8, 4) is 0 Å². The van der Waals surface area contributed by atoms with Gasteiger partial charge in [-0.1, -0.05) is 17.8 Å². The van der Waals surface area contributed by atoms with Crippen LogP contribution < -0.4 is 10.6 Å². The summed E-state index contributed by atoms with van der Waals surface area (Å²) in [5, 5.41) is 5.13. The van der Waals surface area contributed by atoms with Crippen LogP contribution in [0.1, 0.15) is 0 Å². The molecule has 15 heteroatoms. The zero-order chi connectivity index (χ0) is 21.2. The van der Waals surface area contributed by atoms with Crippen molar-refractivity contribution in [1.82, 2.24) is 15.0 Å². The van der Waals surface area contributed by atoms with Crippen LogP contribution in [-0.2, 0) is 36.7 Å². The van der Waals surface area contributed by atoms with Gasteiger partial charge in [-0.25, -0.2) is 0 Å². The minimum absolute atomic E-state index is 0. The van der Waals surface area contributed by atoms with Gasteiger partial charge in [0.15, 0.2) is 0 Å². The van der Waals surface area contributed by atoms with E-state index in [1.807, 2.05) is 0 Å². The molecule has 4 N–H and O–H groups in total. The quantitative estimate of drug-likeness (QED) is 0.216. The van der Waals surface area contributed by atoms with Gasteiger partial charge in [0.2, 0.25) is 17.2 Å². The van der Waals surface area contributed by atoms with Crippen molar-refractivity contribution in [2.45, 2.75) is 9.79 Å². The Balaban J connectivity index is 0.00000320. The van der Waals surface area contributed by atoms with Crippen LogP contribution >= 0.6 is 11.6 Å². The Hall–Kier alpha value is -2.35. The molecule has 1 aromatic heterocycles. The average Bonchev–Trinajstić information content (AvgIpc) is 2.60. The van der Waals surface area contributed by atoms with Crippen molar-refractivity contribution in [1.29, 1.82) is 0 Å². The van der Waals surface area contributed by atoms with Gasteiger partial charge >= 0.3 is 0 Å². The minimum atomic E-state index is -4.49. The number of rotatable bonds is 6. The first-order valence-electron chi connectivity index (χ1n) is 7.54. The molecular formula is C15H11ClN5NiO6S2-. The zero-order valence-electron chi connectivity index (χ0n) is 14.4. The standard InChI is InChI=1S/C15H11ClN5O6S2.Ni/c16-13-19-14(17-9-5-7-10(8-6-9)28(22,23)24)21-15(20-13)18-11-3-1-2-4-12(11)29(25,26)27;/h1-7H,(H,22,23,24)(H,25,26,27)(H2,17,18,19,20,21);/q-1;. The predicted molar refractivity (Wildman–Crippen MR) is 103 cm³/mol. The average molecular weight is 516 g/mol. The van der Waals surface area contributed by atoms with Gasteiger partial charge < -0.3 is 10.6 Å². The predicted octanol–water partition coefficient (Wildman–Crippen LogP) is 2.30. The number of para-hydroxylation sites is 1. The van der Waals surface area contributed by atoms with Crippen molar-refractivity contribution in [3.05, 3.63) is 53.8 Å². The molecule has 0 radical (unpaired) electrons. The topological polar surface area (TPSA) is 171 Å². The molecule has 162 valence electrons. The van der Waals surface area contributed by atoms with Crippen LogP contribution in [0.5, 0.6) is 0 Å². The molecule has 0 amide bonds. The molecular weight excluding hydrogens is 504 g/mol. The molecule has 2 aromatic carbocycles. The van der Waals surface area contributed by atoms with Crippen LogP contribution in [0, 0.1) is 6.07 Å². The van der Waals surface area contributed by atoms with Gasteiger partial charge in [0.25, 0.3) is 20.2 Å². The van der Waals surface area contributed by atoms with Gasteiger partial charge in [0.05, 0.1) is 5.69 Å². The molecule has 0 aliphatic rings. The molecule has 0 atom stereocenters. The monoisotopic (exact) mass is 514 g/mol. The largest absolute Gasteiger partial charge is 0.377 e. The van der Waals surface area contributed by atoms with E-state index in [9.17, 15) is 21.4 Å². The third-order valence-corrected chi connectivity index (χ3v) is 5.23. The van der Waals surface area contributed by atoms with Gasteiger partial charge in [-0.3, -0.25) is 9.11 Å². The van der Waals surface area contributed by atoms with Crippen LogP contribution in [0.25, 0.3) is 0 Å². The molecule has 0 saturated carbocycles. The molecule has 0 saturated heterocycles. The van der Waals surface area contributed by atoms with Gasteiger partial charge in [-0.2, -0.15) is 43.9 Å². The number of aromatic nitrogens is 3. The fraction of sp³-hybridized carbons (Fsp3) is 0. The maximum atomic E-state index is 11.5. The van der Waals surface area contributed by atoms with E-state index >= 15 is 0 Å².